The highest BCUT2D eigenvalue weighted by Gasteiger charge is 2.25. The van der Waals surface area contributed by atoms with E-state index >= 15 is 0 Å². The first-order valence-corrected chi connectivity index (χ1v) is 12.5. The summed E-state index contributed by atoms with van der Waals surface area (Å²) in [5, 5.41) is 0. The van der Waals surface area contributed by atoms with Crippen molar-refractivity contribution in [1.82, 2.24) is 0 Å². The van der Waals surface area contributed by atoms with Gasteiger partial charge in [0.15, 0.2) is 11.5 Å². The molecule has 12 heteroatoms. The molecule has 0 aliphatic rings. The first-order chi connectivity index (χ1) is 17.8. The fourth-order valence-corrected chi connectivity index (χ4v) is 2.68. The minimum atomic E-state index is -1.10. The van der Waals surface area contributed by atoms with E-state index in [1.807, 2.05) is 13.8 Å². The van der Waals surface area contributed by atoms with Crippen molar-refractivity contribution in [2.75, 3.05) is 13.2 Å². The number of esters is 1. The number of carbonyl (C=O) groups is 4. The highest BCUT2D eigenvalue weighted by molar-refractivity contribution is 5.76. The molecule has 0 aromatic heterocycles. The second-order valence-electron chi connectivity index (χ2n) is 11.2. The number of rotatable bonds is 10. The van der Waals surface area contributed by atoms with Gasteiger partial charge in [0.1, 0.15) is 30.0 Å². The molecule has 0 unspecified atom stereocenters. The van der Waals surface area contributed by atoms with Crippen molar-refractivity contribution < 1.29 is 52.3 Å². The Hall–Kier alpha value is -3.54. The molecule has 12 nitrogen and oxygen atoms in total. The Kier molecular flexibility index (Phi) is 12.5. The van der Waals surface area contributed by atoms with E-state index in [-0.39, 0.29) is 37.1 Å². The first-order valence-electron chi connectivity index (χ1n) is 12.5. The molecular weight excluding hydrogens is 514 g/mol. The fraction of sp³-hybridized carbons (Fsp3) is 0.630. The van der Waals surface area contributed by atoms with Gasteiger partial charge in [-0.25, -0.2) is 14.4 Å². The van der Waals surface area contributed by atoms with Crippen LogP contribution in [0.5, 0.6) is 11.5 Å². The van der Waals surface area contributed by atoms with Crippen LogP contribution in [0, 0.1) is 5.92 Å². The van der Waals surface area contributed by atoms with Crippen LogP contribution < -0.4 is 15.2 Å². The maximum absolute atomic E-state index is 12.4. The van der Waals surface area contributed by atoms with E-state index in [2.05, 4.69) is 0 Å². The van der Waals surface area contributed by atoms with Crippen LogP contribution in [-0.2, 0) is 34.9 Å². The summed E-state index contributed by atoms with van der Waals surface area (Å²) in [4.78, 5) is 48.5. The third kappa shape index (κ3) is 14.8. The SMILES string of the molecule is CC(C)COC(=O)O[C@@H](C)COC(=O)[C@@H](N)Cc1ccc(OC(=O)OC(C)(C)C)c(OC(=O)OC(C)(C)C)c1. The van der Waals surface area contributed by atoms with Gasteiger partial charge in [-0.2, -0.15) is 0 Å². The normalized spacial score (nSPS) is 13.1. The molecule has 0 spiro atoms. The monoisotopic (exact) mass is 555 g/mol. The molecule has 0 aliphatic heterocycles. The number of carbonyl (C=O) groups excluding carboxylic acids is 4. The molecule has 0 amide bonds. The van der Waals surface area contributed by atoms with Crippen LogP contribution in [0.2, 0.25) is 0 Å². The summed E-state index contributed by atoms with van der Waals surface area (Å²) in [6, 6.07) is 3.19. The van der Waals surface area contributed by atoms with Gasteiger partial charge >= 0.3 is 24.4 Å². The van der Waals surface area contributed by atoms with Gasteiger partial charge in [-0.3, -0.25) is 4.79 Å². The molecule has 2 atom stereocenters. The molecule has 0 saturated carbocycles. The Labute approximate surface area is 229 Å². The molecule has 0 fully saturated rings. The van der Waals surface area contributed by atoms with Gasteiger partial charge in [0.25, 0.3) is 0 Å². The van der Waals surface area contributed by atoms with Crippen molar-refractivity contribution in [2.45, 2.75) is 92.1 Å². The van der Waals surface area contributed by atoms with Crippen molar-refractivity contribution in [3.05, 3.63) is 23.8 Å². The highest BCUT2D eigenvalue weighted by atomic mass is 16.8. The average molecular weight is 556 g/mol. The van der Waals surface area contributed by atoms with E-state index in [0.717, 1.165) is 0 Å². The lowest BCUT2D eigenvalue weighted by Crippen LogP contribution is -2.36. The van der Waals surface area contributed by atoms with Crippen LogP contribution in [-0.4, -0.2) is 61.0 Å². The molecule has 1 aromatic rings. The Bertz CT molecular complexity index is 992. The van der Waals surface area contributed by atoms with Gasteiger partial charge in [-0.05, 0) is 78.5 Å². The van der Waals surface area contributed by atoms with Gasteiger partial charge in [0.05, 0.1) is 6.61 Å². The Morgan fingerprint density at radius 3 is 1.82 bits per heavy atom. The summed E-state index contributed by atoms with van der Waals surface area (Å²) in [7, 11) is 0. The lowest BCUT2D eigenvalue weighted by Gasteiger charge is -2.21. The molecule has 0 saturated heterocycles. The third-order valence-corrected chi connectivity index (χ3v) is 4.22. The van der Waals surface area contributed by atoms with Crippen LogP contribution in [0.15, 0.2) is 18.2 Å². The second-order valence-corrected chi connectivity index (χ2v) is 11.2. The van der Waals surface area contributed by atoms with Crippen molar-refractivity contribution in [3.63, 3.8) is 0 Å². The lowest BCUT2D eigenvalue weighted by atomic mass is 10.1. The first kappa shape index (κ1) is 33.5. The predicted octanol–water partition coefficient (Wildman–Crippen LogP) is 4.93. The minimum Gasteiger partial charge on any atom is -0.461 e. The largest absolute Gasteiger partial charge is 0.514 e. The molecule has 39 heavy (non-hydrogen) atoms. The zero-order valence-electron chi connectivity index (χ0n) is 24.2. The van der Waals surface area contributed by atoms with Crippen LogP contribution in [0.1, 0.15) is 67.9 Å². The van der Waals surface area contributed by atoms with Crippen LogP contribution in [0.25, 0.3) is 0 Å². The van der Waals surface area contributed by atoms with E-state index < -0.39 is 47.8 Å². The smallest absolute Gasteiger partial charge is 0.461 e. The maximum Gasteiger partial charge on any atom is 0.514 e. The molecule has 0 radical (unpaired) electrons. The van der Waals surface area contributed by atoms with Crippen molar-refractivity contribution in [2.24, 2.45) is 11.7 Å². The van der Waals surface area contributed by atoms with Gasteiger partial charge in [-0.1, -0.05) is 19.9 Å². The summed E-state index contributed by atoms with van der Waals surface area (Å²) in [5.74, 6) is -0.846. The zero-order valence-corrected chi connectivity index (χ0v) is 24.2. The Morgan fingerprint density at radius 2 is 1.31 bits per heavy atom. The van der Waals surface area contributed by atoms with Crippen molar-refractivity contribution in [1.29, 1.82) is 0 Å². The standard InChI is InChI=1S/C27H41NO11/c1-16(2)14-34-23(30)35-17(3)15-33-22(29)19(28)12-18-10-11-20(36-24(31)38-26(4,5)6)21(13-18)37-25(32)39-27(7,8)9/h10-11,13,16-17,19H,12,14-15,28H2,1-9H3/t17-,19-/m0/s1. The van der Waals surface area contributed by atoms with Gasteiger partial charge < -0.3 is 38.9 Å². The molecule has 2 N–H and O–H groups in total. The average Bonchev–Trinajstić information content (AvgIpc) is 2.75. The molecule has 1 rings (SSSR count). The maximum atomic E-state index is 12.4. The van der Waals surface area contributed by atoms with E-state index in [4.69, 9.17) is 38.9 Å². The molecule has 0 heterocycles. The second kappa shape index (κ2) is 14.6. The quantitative estimate of drug-likeness (QED) is 0.236. The van der Waals surface area contributed by atoms with Crippen LogP contribution >= 0.6 is 0 Å². The van der Waals surface area contributed by atoms with Crippen LogP contribution in [0.3, 0.4) is 0 Å². The summed E-state index contributed by atoms with van der Waals surface area (Å²) in [6.45, 7) is 15.3. The molecule has 0 aliphatic carbocycles. The number of hydrogen-bond donors (Lipinski definition) is 1. The third-order valence-electron chi connectivity index (χ3n) is 4.22. The van der Waals surface area contributed by atoms with E-state index in [1.165, 1.54) is 18.2 Å². The van der Waals surface area contributed by atoms with E-state index in [0.29, 0.717) is 5.56 Å². The molecule has 220 valence electrons. The number of ether oxygens (including phenoxy) is 7. The fourth-order valence-electron chi connectivity index (χ4n) is 2.68. The lowest BCUT2D eigenvalue weighted by molar-refractivity contribution is -0.148. The summed E-state index contributed by atoms with van der Waals surface area (Å²) >= 11 is 0. The predicted molar refractivity (Wildman–Crippen MR) is 140 cm³/mol. The minimum absolute atomic E-state index is 0.0120. The van der Waals surface area contributed by atoms with Crippen molar-refractivity contribution >= 4 is 24.4 Å². The van der Waals surface area contributed by atoms with Gasteiger partial charge in [-0.15, -0.1) is 0 Å². The molecule has 1 aromatic carbocycles. The van der Waals surface area contributed by atoms with Crippen LogP contribution in [0.4, 0.5) is 14.4 Å². The van der Waals surface area contributed by atoms with Gasteiger partial charge in [0, 0.05) is 0 Å². The van der Waals surface area contributed by atoms with E-state index in [1.54, 1.807) is 48.5 Å². The van der Waals surface area contributed by atoms with E-state index in [9.17, 15) is 19.2 Å². The number of hydrogen-bond acceptors (Lipinski definition) is 12. The Balaban J connectivity index is 2.88. The number of nitrogens with two attached hydrogens (primary N) is 1. The number of benzene rings is 1. The highest BCUT2D eigenvalue weighted by Crippen LogP contribution is 2.31. The molecule has 0 bridgehead atoms. The summed E-state index contributed by atoms with van der Waals surface area (Å²) in [5.41, 5.74) is 4.82. The Morgan fingerprint density at radius 1 is 0.769 bits per heavy atom. The topological polar surface area (TPSA) is 159 Å². The summed E-state index contributed by atoms with van der Waals surface area (Å²) < 4.78 is 35.9. The zero-order chi connectivity index (χ0) is 30.0. The van der Waals surface area contributed by atoms with Gasteiger partial charge in [0.2, 0.25) is 0 Å². The summed E-state index contributed by atoms with van der Waals surface area (Å²) in [6.07, 6.45) is -3.66. The van der Waals surface area contributed by atoms with Crippen molar-refractivity contribution in [3.8, 4) is 11.5 Å². The molecular formula is C27H41NO11.